The minimum absolute atomic E-state index is 0.00708. The molecule has 182 valence electrons. The third-order valence-electron chi connectivity index (χ3n) is 9.07. The summed E-state index contributed by atoms with van der Waals surface area (Å²) in [5.74, 6) is -0.0893. The number of benzene rings is 1. The van der Waals surface area contributed by atoms with E-state index in [9.17, 15) is 19.1 Å². The van der Waals surface area contributed by atoms with E-state index in [0.29, 0.717) is 56.2 Å². The summed E-state index contributed by atoms with van der Waals surface area (Å²) in [6.07, 6.45) is 4.19. The normalized spacial score (nSPS) is 32.9. The van der Waals surface area contributed by atoms with Gasteiger partial charge in [0.15, 0.2) is 0 Å². The van der Waals surface area contributed by atoms with E-state index in [-0.39, 0.29) is 23.8 Å². The first-order valence-corrected chi connectivity index (χ1v) is 12.4. The Morgan fingerprint density at radius 3 is 2.35 bits per heavy atom. The lowest BCUT2D eigenvalue weighted by Crippen LogP contribution is -2.66. The molecule has 2 N–H and O–H groups in total. The smallest absolute Gasteiger partial charge is 0.309 e. The number of anilines is 1. The molecule has 1 saturated heterocycles. The first-order valence-electron chi connectivity index (χ1n) is 12.4. The van der Waals surface area contributed by atoms with Crippen molar-refractivity contribution < 1.29 is 19.1 Å². The molecular formula is C26H33FN4O3. The van der Waals surface area contributed by atoms with Crippen LogP contribution in [0.25, 0.3) is 0 Å². The molecule has 7 nitrogen and oxygen atoms in total. The molecule has 1 amide bonds. The van der Waals surface area contributed by atoms with Crippen molar-refractivity contribution in [2.75, 3.05) is 31.1 Å². The topological polar surface area (TPSA) is 96.7 Å². The van der Waals surface area contributed by atoms with Crippen LogP contribution in [0.3, 0.4) is 0 Å². The molecule has 1 heterocycles. The number of carboxylic acids is 1. The molecule has 1 aromatic rings. The number of nitrogens with one attached hydrogen (secondary N) is 1. The van der Waals surface area contributed by atoms with Gasteiger partial charge >= 0.3 is 5.97 Å². The van der Waals surface area contributed by atoms with Crippen molar-refractivity contribution in [1.82, 2.24) is 10.2 Å². The molecule has 2 atom stereocenters. The maximum Gasteiger partial charge on any atom is 0.309 e. The van der Waals surface area contributed by atoms with E-state index < -0.39 is 22.7 Å². The molecule has 4 saturated carbocycles. The van der Waals surface area contributed by atoms with Crippen LogP contribution in [0.2, 0.25) is 0 Å². The maximum atomic E-state index is 14.5. The predicted octanol–water partition coefficient (Wildman–Crippen LogP) is 2.99. The quantitative estimate of drug-likeness (QED) is 0.690. The Balaban J connectivity index is 1.22. The van der Waals surface area contributed by atoms with Gasteiger partial charge in [0.2, 0.25) is 5.91 Å². The lowest BCUT2D eigenvalue weighted by atomic mass is 9.48. The SMILES string of the molecule is CC(C)(C(=O)NC1C2CC3CC1CC(C(=O)O)(C3)C2)N1CCN(c2ccc(C#N)cc2F)CC1. The van der Waals surface area contributed by atoms with Crippen LogP contribution in [0.1, 0.15) is 51.5 Å². The Labute approximate surface area is 199 Å². The lowest BCUT2D eigenvalue weighted by Gasteiger charge is -2.58. The highest BCUT2D eigenvalue weighted by Gasteiger charge is 2.59. The monoisotopic (exact) mass is 468 g/mol. The van der Waals surface area contributed by atoms with Crippen molar-refractivity contribution in [2.45, 2.75) is 57.5 Å². The fourth-order valence-corrected chi connectivity index (χ4v) is 7.33. The minimum Gasteiger partial charge on any atom is -0.481 e. The van der Waals surface area contributed by atoms with Gasteiger partial charge in [-0.25, -0.2) is 4.39 Å². The summed E-state index contributed by atoms with van der Waals surface area (Å²) in [6.45, 7) is 6.32. The molecule has 1 aromatic carbocycles. The maximum absolute atomic E-state index is 14.5. The number of halogens is 1. The average molecular weight is 469 g/mol. The van der Waals surface area contributed by atoms with E-state index in [1.165, 1.54) is 6.07 Å². The molecule has 34 heavy (non-hydrogen) atoms. The number of hydrogen-bond acceptors (Lipinski definition) is 5. The summed E-state index contributed by atoms with van der Waals surface area (Å²) in [5, 5.41) is 22.2. The van der Waals surface area contributed by atoms with Crippen LogP contribution in [-0.4, -0.2) is 59.6 Å². The largest absolute Gasteiger partial charge is 0.481 e. The second-order valence-electron chi connectivity index (χ2n) is 11.4. The number of piperazine rings is 1. The number of nitriles is 1. The van der Waals surface area contributed by atoms with Crippen LogP contribution in [0.4, 0.5) is 10.1 Å². The van der Waals surface area contributed by atoms with Crippen LogP contribution < -0.4 is 10.2 Å². The van der Waals surface area contributed by atoms with Gasteiger partial charge in [-0.2, -0.15) is 5.26 Å². The number of hydrogen-bond donors (Lipinski definition) is 2. The predicted molar refractivity (Wildman–Crippen MR) is 125 cm³/mol. The minimum atomic E-state index is -0.714. The molecule has 4 aliphatic carbocycles. The zero-order valence-corrected chi connectivity index (χ0v) is 19.9. The van der Waals surface area contributed by atoms with Gasteiger partial charge < -0.3 is 15.3 Å². The van der Waals surface area contributed by atoms with E-state index in [1.54, 1.807) is 12.1 Å². The summed E-state index contributed by atoms with van der Waals surface area (Å²) in [5.41, 5.74) is -0.503. The van der Waals surface area contributed by atoms with Gasteiger partial charge in [-0.1, -0.05) is 0 Å². The standard InChI is InChI=1S/C26H33FN4O3/c1-25(2,31-7-5-30(6-8-31)21-4-3-16(15-28)11-20(21)27)23(32)29-22-18-9-17-10-19(22)14-26(12-17,13-18)24(33)34/h3-4,11,17-19,22H,5-10,12-14H2,1-2H3,(H,29,32)(H,33,34). The van der Waals surface area contributed by atoms with Crippen molar-refractivity contribution >= 4 is 17.6 Å². The summed E-state index contributed by atoms with van der Waals surface area (Å²) in [7, 11) is 0. The number of carbonyl (C=O) groups excluding carboxylic acids is 1. The van der Waals surface area contributed by atoms with Gasteiger partial charge in [0.1, 0.15) is 5.82 Å². The van der Waals surface area contributed by atoms with Crippen molar-refractivity contribution in [3.05, 3.63) is 29.6 Å². The van der Waals surface area contributed by atoms with Crippen LogP contribution >= 0.6 is 0 Å². The molecular weight excluding hydrogens is 435 g/mol. The fourth-order valence-electron chi connectivity index (χ4n) is 7.33. The van der Waals surface area contributed by atoms with Gasteiger partial charge in [-0.3, -0.25) is 14.5 Å². The highest BCUT2D eigenvalue weighted by atomic mass is 19.1. The molecule has 5 fully saturated rings. The van der Waals surface area contributed by atoms with Gasteiger partial charge in [0.25, 0.3) is 0 Å². The zero-order valence-electron chi connectivity index (χ0n) is 19.9. The van der Waals surface area contributed by atoms with E-state index >= 15 is 0 Å². The third kappa shape index (κ3) is 3.74. The van der Waals surface area contributed by atoms with Gasteiger partial charge in [0.05, 0.1) is 28.3 Å². The Morgan fingerprint density at radius 2 is 1.79 bits per heavy atom. The Bertz CT molecular complexity index is 1030. The molecule has 2 unspecified atom stereocenters. The van der Waals surface area contributed by atoms with Crippen LogP contribution in [-0.2, 0) is 9.59 Å². The van der Waals surface area contributed by atoms with Crippen LogP contribution in [0.15, 0.2) is 18.2 Å². The summed E-state index contributed by atoms with van der Waals surface area (Å²) in [6, 6.07) is 6.56. The number of carbonyl (C=O) groups is 2. The van der Waals surface area contributed by atoms with Crippen LogP contribution in [0.5, 0.6) is 0 Å². The first kappa shape index (κ1) is 23.1. The first-order chi connectivity index (χ1) is 16.1. The summed E-state index contributed by atoms with van der Waals surface area (Å²) >= 11 is 0. The molecule has 1 aliphatic heterocycles. The third-order valence-corrected chi connectivity index (χ3v) is 9.07. The van der Waals surface area contributed by atoms with E-state index in [1.807, 2.05) is 24.8 Å². The number of carboxylic acid groups (broad SMARTS) is 1. The fraction of sp³-hybridized carbons (Fsp3) is 0.654. The highest BCUT2D eigenvalue weighted by Crippen LogP contribution is 2.60. The van der Waals surface area contributed by atoms with E-state index in [2.05, 4.69) is 10.2 Å². The molecule has 6 rings (SSSR count). The van der Waals surface area contributed by atoms with Crippen LogP contribution in [0, 0.1) is 40.3 Å². The summed E-state index contributed by atoms with van der Waals surface area (Å²) in [4.78, 5) is 29.6. The number of aliphatic carboxylic acids is 1. The van der Waals surface area contributed by atoms with Crippen molar-refractivity contribution in [2.24, 2.45) is 23.2 Å². The second kappa shape index (κ2) is 8.23. The lowest BCUT2D eigenvalue weighted by molar-refractivity contribution is -0.168. The second-order valence-corrected chi connectivity index (χ2v) is 11.4. The zero-order chi connectivity index (χ0) is 24.3. The van der Waals surface area contributed by atoms with Crippen molar-refractivity contribution in [3.8, 4) is 6.07 Å². The molecule has 8 heteroatoms. The molecule has 0 radical (unpaired) electrons. The summed E-state index contributed by atoms with van der Waals surface area (Å²) < 4.78 is 14.5. The van der Waals surface area contributed by atoms with Crippen molar-refractivity contribution in [1.29, 1.82) is 5.26 Å². The Morgan fingerprint density at radius 1 is 1.15 bits per heavy atom. The number of rotatable bonds is 5. The van der Waals surface area contributed by atoms with Gasteiger partial charge in [-0.05, 0) is 81.9 Å². The average Bonchev–Trinajstić information content (AvgIpc) is 2.80. The van der Waals surface area contributed by atoms with E-state index in [4.69, 9.17) is 5.26 Å². The molecule has 0 spiro atoms. The van der Waals surface area contributed by atoms with Gasteiger partial charge in [0, 0.05) is 32.2 Å². The Hall–Kier alpha value is -2.66. The molecule has 0 aromatic heterocycles. The van der Waals surface area contributed by atoms with Gasteiger partial charge in [-0.15, -0.1) is 0 Å². The van der Waals surface area contributed by atoms with Crippen molar-refractivity contribution in [3.63, 3.8) is 0 Å². The highest BCUT2D eigenvalue weighted by molar-refractivity contribution is 5.86. The van der Waals surface area contributed by atoms with E-state index in [0.717, 1.165) is 19.3 Å². The number of nitrogens with zero attached hydrogens (tertiary/aromatic N) is 3. The number of amides is 1. The molecule has 4 bridgehead atoms. The molecule has 5 aliphatic rings. The Kier molecular flexibility index (Phi) is 5.59.